The standard InChI is InChI=1S/C17H18N2O4/c1-13(2)19(15-6-4-3-5-7-15)16(20)12-23-17(21)14-8-10-18(22)11-9-14/h3-11,13H,12H2,1-2H3. The Labute approximate surface area is 134 Å². The molecular weight excluding hydrogens is 296 g/mol. The maximum Gasteiger partial charge on any atom is 0.339 e. The Kier molecular flexibility index (Phi) is 5.30. The van der Waals surface area contributed by atoms with Crippen molar-refractivity contribution >= 4 is 17.6 Å². The molecule has 0 unspecified atom stereocenters. The van der Waals surface area contributed by atoms with Crippen LogP contribution in [0.15, 0.2) is 54.9 Å². The van der Waals surface area contributed by atoms with Crippen molar-refractivity contribution in [2.75, 3.05) is 11.5 Å². The van der Waals surface area contributed by atoms with Crippen LogP contribution in [0.25, 0.3) is 0 Å². The number of amides is 1. The molecule has 0 bridgehead atoms. The molecule has 0 N–H and O–H groups in total. The summed E-state index contributed by atoms with van der Waals surface area (Å²) >= 11 is 0. The highest BCUT2D eigenvalue weighted by molar-refractivity contribution is 5.97. The molecule has 0 saturated carbocycles. The van der Waals surface area contributed by atoms with Crippen LogP contribution >= 0.6 is 0 Å². The van der Waals surface area contributed by atoms with E-state index in [9.17, 15) is 14.8 Å². The van der Waals surface area contributed by atoms with Crippen molar-refractivity contribution in [2.24, 2.45) is 0 Å². The zero-order chi connectivity index (χ0) is 16.8. The fourth-order valence-corrected chi connectivity index (χ4v) is 2.15. The molecule has 1 heterocycles. The molecule has 0 spiro atoms. The van der Waals surface area contributed by atoms with Crippen LogP contribution in [0.1, 0.15) is 24.2 Å². The van der Waals surface area contributed by atoms with Gasteiger partial charge in [-0.15, -0.1) is 0 Å². The van der Waals surface area contributed by atoms with Crippen molar-refractivity contribution in [2.45, 2.75) is 19.9 Å². The lowest BCUT2D eigenvalue weighted by Gasteiger charge is -2.26. The van der Waals surface area contributed by atoms with Gasteiger partial charge < -0.3 is 14.8 Å². The number of carbonyl (C=O) groups excluding carboxylic acids is 2. The van der Waals surface area contributed by atoms with E-state index >= 15 is 0 Å². The summed E-state index contributed by atoms with van der Waals surface area (Å²) in [5.74, 6) is -0.954. The third kappa shape index (κ3) is 4.29. The average molecular weight is 314 g/mol. The first-order valence-corrected chi connectivity index (χ1v) is 7.22. The normalized spacial score (nSPS) is 10.4. The molecule has 1 amide bonds. The number of ether oxygens (including phenoxy) is 1. The first kappa shape index (κ1) is 16.5. The number of para-hydroxylation sites is 1. The first-order valence-electron chi connectivity index (χ1n) is 7.22. The molecule has 0 atom stereocenters. The summed E-state index contributed by atoms with van der Waals surface area (Å²) in [7, 11) is 0. The fraction of sp³-hybridized carbons (Fsp3) is 0.235. The second-order valence-corrected chi connectivity index (χ2v) is 5.22. The molecule has 0 fully saturated rings. The molecule has 0 aliphatic heterocycles. The van der Waals surface area contributed by atoms with Gasteiger partial charge in [-0.25, -0.2) is 4.79 Å². The molecular formula is C17H18N2O4. The van der Waals surface area contributed by atoms with Crippen molar-refractivity contribution in [3.63, 3.8) is 0 Å². The van der Waals surface area contributed by atoms with Crippen molar-refractivity contribution in [1.29, 1.82) is 0 Å². The van der Waals surface area contributed by atoms with Crippen molar-refractivity contribution in [1.82, 2.24) is 0 Å². The molecule has 6 nitrogen and oxygen atoms in total. The summed E-state index contributed by atoms with van der Waals surface area (Å²) in [6.45, 7) is 3.41. The van der Waals surface area contributed by atoms with Gasteiger partial charge in [0.1, 0.15) is 0 Å². The third-order valence-corrected chi connectivity index (χ3v) is 3.18. The highest BCUT2D eigenvalue weighted by atomic mass is 16.5. The van der Waals surface area contributed by atoms with E-state index in [4.69, 9.17) is 4.74 Å². The first-order chi connectivity index (χ1) is 11.0. The number of anilines is 1. The predicted molar refractivity (Wildman–Crippen MR) is 84.7 cm³/mol. The Hall–Kier alpha value is -2.89. The van der Waals surface area contributed by atoms with Gasteiger partial charge >= 0.3 is 5.97 Å². The van der Waals surface area contributed by atoms with Gasteiger partial charge in [-0.3, -0.25) is 4.79 Å². The molecule has 2 rings (SSSR count). The third-order valence-electron chi connectivity index (χ3n) is 3.18. The molecule has 6 heteroatoms. The van der Waals surface area contributed by atoms with E-state index in [-0.39, 0.29) is 24.1 Å². The van der Waals surface area contributed by atoms with Gasteiger partial charge in [-0.1, -0.05) is 18.2 Å². The predicted octanol–water partition coefficient (Wildman–Crippen LogP) is 1.92. The lowest BCUT2D eigenvalue weighted by atomic mass is 10.2. The van der Waals surface area contributed by atoms with Crippen LogP contribution in [0.2, 0.25) is 0 Å². The highest BCUT2D eigenvalue weighted by Crippen LogP contribution is 2.16. The largest absolute Gasteiger partial charge is 0.619 e. The van der Waals surface area contributed by atoms with E-state index in [2.05, 4.69) is 0 Å². The van der Waals surface area contributed by atoms with Crippen molar-refractivity contribution in [3.8, 4) is 0 Å². The van der Waals surface area contributed by atoms with E-state index in [1.54, 1.807) is 4.90 Å². The number of rotatable bonds is 5. The number of pyridine rings is 1. The van der Waals surface area contributed by atoms with Crippen LogP contribution in [-0.4, -0.2) is 24.5 Å². The molecule has 23 heavy (non-hydrogen) atoms. The lowest BCUT2D eigenvalue weighted by molar-refractivity contribution is -0.605. The lowest BCUT2D eigenvalue weighted by Crippen LogP contribution is -2.39. The topological polar surface area (TPSA) is 73.5 Å². The summed E-state index contributed by atoms with van der Waals surface area (Å²) in [6, 6.07) is 11.8. The molecule has 2 aromatic rings. The van der Waals surface area contributed by atoms with E-state index in [0.717, 1.165) is 5.69 Å². The zero-order valence-corrected chi connectivity index (χ0v) is 13.0. The van der Waals surface area contributed by atoms with Gasteiger partial charge in [0.15, 0.2) is 19.0 Å². The van der Waals surface area contributed by atoms with Crippen molar-refractivity contribution in [3.05, 3.63) is 65.6 Å². The maximum absolute atomic E-state index is 12.4. The summed E-state index contributed by atoms with van der Waals surface area (Å²) in [5, 5.41) is 10.9. The quantitative estimate of drug-likeness (QED) is 0.480. The number of nitrogens with zero attached hydrogens (tertiary/aromatic N) is 2. The molecule has 120 valence electrons. The average Bonchev–Trinajstić information content (AvgIpc) is 2.54. The Morgan fingerprint density at radius 1 is 1.13 bits per heavy atom. The van der Waals surface area contributed by atoms with Gasteiger partial charge in [-0.2, -0.15) is 4.73 Å². The van der Waals surface area contributed by atoms with E-state index in [1.165, 1.54) is 24.5 Å². The monoisotopic (exact) mass is 314 g/mol. The Bertz CT molecular complexity index is 669. The molecule has 1 aromatic carbocycles. The van der Waals surface area contributed by atoms with E-state index < -0.39 is 5.97 Å². The van der Waals surface area contributed by atoms with Gasteiger partial charge in [-0.05, 0) is 26.0 Å². The zero-order valence-electron chi connectivity index (χ0n) is 13.0. The molecule has 0 aliphatic rings. The SMILES string of the molecule is CC(C)N(C(=O)COC(=O)c1cc[n+]([O-])cc1)c1ccccc1. The maximum atomic E-state index is 12.4. The van der Waals surface area contributed by atoms with Crippen LogP contribution in [0.3, 0.4) is 0 Å². The van der Waals surface area contributed by atoms with Crippen LogP contribution in [0.4, 0.5) is 5.69 Å². The van der Waals surface area contributed by atoms with Crippen molar-refractivity contribution < 1.29 is 19.1 Å². The highest BCUT2D eigenvalue weighted by Gasteiger charge is 2.20. The van der Waals surface area contributed by atoms with Gasteiger partial charge in [0.25, 0.3) is 5.91 Å². The fourth-order valence-electron chi connectivity index (χ4n) is 2.15. The van der Waals surface area contributed by atoms with Crippen LogP contribution < -0.4 is 9.63 Å². The van der Waals surface area contributed by atoms with Crippen LogP contribution in [0, 0.1) is 5.21 Å². The van der Waals surface area contributed by atoms with Crippen LogP contribution in [0.5, 0.6) is 0 Å². The molecule has 0 aliphatic carbocycles. The minimum atomic E-state index is -0.643. The van der Waals surface area contributed by atoms with Gasteiger partial charge in [0.05, 0.1) is 5.56 Å². The summed E-state index contributed by atoms with van der Waals surface area (Å²) in [6.07, 6.45) is 2.39. The van der Waals surface area contributed by atoms with E-state index in [1.807, 2.05) is 44.2 Å². The number of esters is 1. The number of benzene rings is 1. The van der Waals surface area contributed by atoms with Gasteiger partial charge in [0.2, 0.25) is 0 Å². The van der Waals surface area contributed by atoms with Crippen LogP contribution in [-0.2, 0) is 9.53 Å². The molecule has 0 saturated heterocycles. The number of carbonyl (C=O) groups is 2. The number of aromatic nitrogens is 1. The Morgan fingerprint density at radius 2 is 1.74 bits per heavy atom. The molecule has 0 radical (unpaired) electrons. The Morgan fingerprint density at radius 3 is 2.30 bits per heavy atom. The second kappa shape index (κ2) is 7.40. The second-order valence-electron chi connectivity index (χ2n) is 5.22. The minimum absolute atomic E-state index is 0.0697. The smallest absolute Gasteiger partial charge is 0.339 e. The van der Waals surface area contributed by atoms with E-state index in [0.29, 0.717) is 4.73 Å². The number of hydrogen-bond acceptors (Lipinski definition) is 4. The summed E-state index contributed by atoms with van der Waals surface area (Å²) in [5.41, 5.74) is 0.969. The molecule has 1 aromatic heterocycles. The minimum Gasteiger partial charge on any atom is -0.619 e. The number of hydrogen-bond donors (Lipinski definition) is 0. The van der Waals surface area contributed by atoms with Gasteiger partial charge in [0, 0.05) is 23.9 Å². The summed E-state index contributed by atoms with van der Waals surface area (Å²) in [4.78, 5) is 25.8. The Balaban J connectivity index is 2.02. The summed E-state index contributed by atoms with van der Waals surface area (Å²) < 4.78 is 5.61.